The largest absolute Gasteiger partial charge is 0.487 e. The van der Waals surface area contributed by atoms with Gasteiger partial charge in [0, 0.05) is 0 Å². The molecule has 0 heterocycles. The second kappa shape index (κ2) is 6.75. The molecular weight excluding hydrogens is 427 g/mol. The standard InChI is InChI=1S/C21H27IO3/c1-3-19(22)20(23)24-17-4-6-18(7-5-17)25-21(2)15-9-13-8-14(11-15)12-16(21)10-13/h4-7,13-16,19H,3,8-12H2,1-2H3. The van der Waals surface area contributed by atoms with Crippen LogP contribution in [0.5, 0.6) is 11.5 Å². The number of halogens is 1. The van der Waals surface area contributed by atoms with Crippen LogP contribution in [0.4, 0.5) is 0 Å². The van der Waals surface area contributed by atoms with Gasteiger partial charge < -0.3 is 9.47 Å². The molecule has 4 fully saturated rings. The molecule has 4 heteroatoms. The van der Waals surface area contributed by atoms with Gasteiger partial charge in [0.15, 0.2) is 0 Å². The third-order valence-corrected chi connectivity index (χ3v) is 8.14. The maximum atomic E-state index is 11.9. The summed E-state index contributed by atoms with van der Waals surface area (Å²) in [6, 6.07) is 7.61. The van der Waals surface area contributed by atoms with Crippen LogP contribution in [0.1, 0.15) is 52.4 Å². The number of esters is 1. The zero-order valence-corrected chi connectivity index (χ0v) is 17.2. The van der Waals surface area contributed by atoms with Crippen molar-refractivity contribution in [3.05, 3.63) is 24.3 Å². The van der Waals surface area contributed by atoms with E-state index in [4.69, 9.17) is 9.47 Å². The first kappa shape index (κ1) is 17.6. The van der Waals surface area contributed by atoms with Crippen molar-refractivity contribution in [1.29, 1.82) is 0 Å². The summed E-state index contributed by atoms with van der Waals surface area (Å²) in [6.07, 6.45) is 7.60. The molecule has 0 spiro atoms. The number of carbonyl (C=O) groups excluding carboxylic acids is 1. The average molecular weight is 454 g/mol. The van der Waals surface area contributed by atoms with E-state index in [1.54, 1.807) is 0 Å². The maximum absolute atomic E-state index is 11.9. The first-order valence-electron chi connectivity index (χ1n) is 9.62. The van der Waals surface area contributed by atoms with Crippen LogP contribution in [0.15, 0.2) is 24.3 Å². The van der Waals surface area contributed by atoms with E-state index in [1.165, 1.54) is 32.1 Å². The first-order valence-corrected chi connectivity index (χ1v) is 10.9. The van der Waals surface area contributed by atoms with Crippen LogP contribution < -0.4 is 9.47 Å². The third kappa shape index (κ3) is 3.31. The van der Waals surface area contributed by atoms with E-state index in [0.29, 0.717) is 17.6 Å². The highest BCUT2D eigenvalue weighted by atomic mass is 127. The summed E-state index contributed by atoms with van der Waals surface area (Å²) in [5, 5.41) is 0. The molecule has 1 aromatic carbocycles. The number of ether oxygens (including phenoxy) is 2. The lowest BCUT2D eigenvalue weighted by Crippen LogP contribution is -2.59. The van der Waals surface area contributed by atoms with Gasteiger partial charge in [-0.05, 0) is 93.4 Å². The molecule has 1 atom stereocenters. The predicted octanol–water partition coefficient (Wildman–Crippen LogP) is 5.40. The lowest BCUT2D eigenvalue weighted by molar-refractivity contribution is -0.145. The number of hydrogen-bond donors (Lipinski definition) is 0. The van der Waals surface area contributed by atoms with E-state index in [1.807, 2.05) is 31.2 Å². The average Bonchev–Trinajstić information content (AvgIpc) is 2.60. The van der Waals surface area contributed by atoms with Crippen molar-refractivity contribution in [1.82, 2.24) is 0 Å². The molecule has 5 rings (SSSR count). The highest BCUT2D eigenvalue weighted by molar-refractivity contribution is 14.1. The fourth-order valence-corrected chi connectivity index (χ4v) is 5.59. The van der Waals surface area contributed by atoms with Crippen molar-refractivity contribution in [2.45, 2.75) is 61.9 Å². The summed E-state index contributed by atoms with van der Waals surface area (Å²) in [7, 11) is 0. The zero-order valence-electron chi connectivity index (χ0n) is 15.0. The number of carbonyl (C=O) groups is 1. The van der Waals surface area contributed by atoms with Crippen molar-refractivity contribution in [3.63, 3.8) is 0 Å². The van der Waals surface area contributed by atoms with Crippen LogP contribution in [0.2, 0.25) is 0 Å². The molecule has 0 N–H and O–H groups in total. The van der Waals surface area contributed by atoms with Gasteiger partial charge in [0.2, 0.25) is 0 Å². The molecule has 4 aliphatic rings. The highest BCUT2D eigenvalue weighted by Gasteiger charge is 2.56. The lowest BCUT2D eigenvalue weighted by atomic mass is 9.50. The van der Waals surface area contributed by atoms with Gasteiger partial charge in [0.25, 0.3) is 0 Å². The van der Waals surface area contributed by atoms with Crippen LogP contribution in [-0.2, 0) is 4.79 Å². The van der Waals surface area contributed by atoms with Gasteiger partial charge in [-0.15, -0.1) is 0 Å². The summed E-state index contributed by atoms with van der Waals surface area (Å²) in [6.45, 7) is 4.32. The van der Waals surface area contributed by atoms with Crippen LogP contribution >= 0.6 is 22.6 Å². The van der Waals surface area contributed by atoms with E-state index in [0.717, 1.165) is 24.0 Å². The first-order chi connectivity index (χ1) is 12.0. The molecular formula is C21H27IO3. The Kier molecular flexibility index (Phi) is 4.76. The zero-order chi connectivity index (χ0) is 17.6. The minimum Gasteiger partial charge on any atom is -0.487 e. The van der Waals surface area contributed by atoms with Crippen molar-refractivity contribution in [2.24, 2.45) is 23.7 Å². The van der Waals surface area contributed by atoms with Gasteiger partial charge in [0.1, 0.15) is 21.0 Å². The van der Waals surface area contributed by atoms with Crippen LogP contribution in [0.25, 0.3) is 0 Å². The second-order valence-corrected chi connectivity index (χ2v) is 9.86. The van der Waals surface area contributed by atoms with Gasteiger partial charge in [-0.2, -0.15) is 0 Å². The predicted molar refractivity (Wildman–Crippen MR) is 106 cm³/mol. The SMILES string of the molecule is CCC(I)C(=O)Oc1ccc(OC2(C)C3CC4CC(C3)CC2C4)cc1. The van der Waals surface area contributed by atoms with Gasteiger partial charge >= 0.3 is 5.97 Å². The molecule has 25 heavy (non-hydrogen) atoms. The molecule has 0 radical (unpaired) electrons. The van der Waals surface area contributed by atoms with Gasteiger partial charge in [-0.1, -0.05) is 29.5 Å². The molecule has 0 saturated heterocycles. The van der Waals surface area contributed by atoms with Gasteiger partial charge in [-0.3, -0.25) is 4.79 Å². The van der Waals surface area contributed by atoms with E-state index in [9.17, 15) is 4.79 Å². The summed E-state index contributed by atoms with van der Waals surface area (Å²) in [5.41, 5.74) is -0.0267. The third-order valence-electron chi connectivity index (χ3n) is 6.75. The van der Waals surface area contributed by atoms with Crippen molar-refractivity contribution >= 4 is 28.6 Å². The Bertz CT molecular complexity index is 611. The normalized spacial score (nSPS) is 36.9. The Morgan fingerprint density at radius 2 is 1.60 bits per heavy atom. The summed E-state index contributed by atoms with van der Waals surface area (Å²) < 4.78 is 11.9. The van der Waals surface area contributed by atoms with E-state index in [2.05, 4.69) is 29.5 Å². The quantitative estimate of drug-likeness (QED) is 0.259. The summed E-state index contributed by atoms with van der Waals surface area (Å²) in [5.74, 6) is 4.61. The van der Waals surface area contributed by atoms with Gasteiger partial charge in [-0.25, -0.2) is 0 Å². The molecule has 0 aromatic heterocycles. The Balaban J connectivity index is 1.44. The van der Waals surface area contributed by atoms with Gasteiger partial charge in [0.05, 0.1) is 0 Å². The fraction of sp³-hybridized carbons (Fsp3) is 0.667. The molecule has 4 saturated carbocycles. The fourth-order valence-electron chi connectivity index (χ4n) is 5.46. The summed E-state index contributed by atoms with van der Waals surface area (Å²) >= 11 is 2.12. The molecule has 0 amide bonds. The minimum absolute atomic E-state index is 0.0267. The second-order valence-electron chi connectivity index (χ2n) is 8.36. The molecule has 1 aromatic rings. The Labute approximate surface area is 164 Å². The maximum Gasteiger partial charge on any atom is 0.324 e. The molecule has 4 aliphatic carbocycles. The molecule has 4 bridgehead atoms. The van der Waals surface area contributed by atoms with Crippen molar-refractivity contribution in [3.8, 4) is 11.5 Å². The topological polar surface area (TPSA) is 35.5 Å². The van der Waals surface area contributed by atoms with Crippen molar-refractivity contribution < 1.29 is 14.3 Å². The Morgan fingerprint density at radius 1 is 1.08 bits per heavy atom. The van der Waals surface area contributed by atoms with Crippen molar-refractivity contribution in [2.75, 3.05) is 0 Å². The number of hydrogen-bond acceptors (Lipinski definition) is 3. The van der Waals surface area contributed by atoms with E-state index < -0.39 is 0 Å². The van der Waals surface area contributed by atoms with Crippen LogP contribution in [-0.4, -0.2) is 15.5 Å². The molecule has 136 valence electrons. The Hall–Kier alpha value is -0.780. The number of alkyl halides is 1. The van der Waals surface area contributed by atoms with E-state index in [-0.39, 0.29) is 15.5 Å². The Morgan fingerprint density at radius 3 is 2.12 bits per heavy atom. The molecule has 3 nitrogen and oxygen atoms in total. The minimum atomic E-state index is -0.176. The van der Waals surface area contributed by atoms with E-state index >= 15 is 0 Å². The van der Waals surface area contributed by atoms with Crippen LogP contribution in [0.3, 0.4) is 0 Å². The summed E-state index contributed by atoms with van der Waals surface area (Å²) in [4.78, 5) is 11.9. The monoisotopic (exact) mass is 454 g/mol. The molecule has 0 aliphatic heterocycles. The lowest BCUT2D eigenvalue weighted by Gasteiger charge is -2.59. The number of rotatable bonds is 5. The molecule has 1 unspecified atom stereocenters. The van der Waals surface area contributed by atoms with Crippen LogP contribution in [0, 0.1) is 23.7 Å². The smallest absolute Gasteiger partial charge is 0.324 e. The number of benzene rings is 1. The highest BCUT2D eigenvalue weighted by Crippen LogP contribution is 2.59.